The van der Waals surface area contributed by atoms with Crippen molar-refractivity contribution in [3.63, 3.8) is 0 Å². The summed E-state index contributed by atoms with van der Waals surface area (Å²) in [5.74, 6) is 1.49. The molecule has 0 saturated heterocycles. The molecule has 1 fully saturated rings. The second-order valence-corrected chi connectivity index (χ2v) is 7.75. The monoisotopic (exact) mass is 309 g/mol. The van der Waals surface area contributed by atoms with Crippen LogP contribution in [0.3, 0.4) is 0 Å². The van der Waals surface area contributed by atoms with Crippen molar-refractivity contribution in [3.05, 3.63) is 29.3 Å². The van der Waals surface area contributed by atoms with Crippen LogP contribution in [0.25, 0.3) is 0 Å². The lowest BCUT2D eigenvalue weighted by molar-refractivity contribution is 0.601. The number of aryl methyl sites for hydroxylation is 1. The van der Waals surface area contributed by atoms with Crippen LogP contribution >= 0.6 is 0 Å². The van der Waals surface area contributed by atoms with Crippen LogP contribution in [0.15, 0.2) is 28.1 Å². The largest absolute Gasteiger partial charge is 0.353 e. The molecular weight excluding hydrogens is 286 g/mol. The Balaban J connectivity index is 1.98. The molecule has 0 amide bonds. The minimum absolute atomic E-state index is 0.389. The van der Waals surface area contributed by atoms with Gasteiger partial charge in [-0.1, -0.05) is 19.1 Å². The first-order valence-corrected chi connectivity index (χ1v) is 8.97. The molecule has 1 aliphatic carbocycles. The Kier molecular flexibility index (Phi) is 4.56. The number of hydrogen-bond acceptors (Lipinski definition) is 3. The molecule has 0 bridgehead atoms. The summed E-state index contributed by atoms with van der Waals surface area (Å²) in [5.41, 5.74) is 1.81. The molecule has 2 rings (SSSR count). The van der Waals surface area contributed by atoms with E-state index in [4.69, 9.17) is 0 Å². The van der Waals surface area contributed by atoms with E-state index < -0.39 is 9.84 Å². The fourth-order valence-corrected chi connectivity index (χ4v) is 3.28. The minimum Gasteiger partial charge on any atom is -0.353 e. The summed E-state index contributed by atoms with van der Waals surface area (Å²) >= 11 is 0. The van der Waals surface area contributed by atoms with Crippen LogP contribution in [0.1, 0.15) is 24.5 Å². The summed E-state index contributed by atoms with van der Waals surface area (Å²) in [7, 11) is -1.41. The second-order valence-electron chi connectivity index (χ2n) is 5.76. The lowest BCUT2D eigenvalue weighted by Crippen LogP contribution is -2.38. The van der Waals surface area contributed by atoms with Gasteiger partial charge in [-0.05, 0) is 36.5 Å². The van der Waals surface area contributed by atoms with E-state index >= 15 is 0 Å². The normalized spacial score (nSPS) is 22.0. The summed E-state index contributed by atoms with van der Waals surface area (Å²) in [5, 5.41) is 6.61. The number of rotatable bonds is 4. The van der Waals surface area contributed by atoms with E-state index in [1.807, 2.05) is 19.1 Å². The summed E-state index contributed by atoms with van der Waals surface area (Å²) in [6.07, 6.45) is 2.42. The van der Waals surface area contributed by atoms with Crippen LogP contribution in [0, 0.1) is 12.8 Å². The molecule has 6 heteroatoms. The molecule has 2 unspecified atom stereocenters. The molecule has 116 valence electrons. The first kappa shape index (κ1) is 15.8. The maximum Gasteiger partial charge on any atom is 0.191 e. The van der Waals surface area contributed by atoms with Crippen molar-refractivity contribution in [1.29, 1.82) is 0 Å². The third kappa shape index (κ3) is 4.20. The molecule has 2 N–H and O–H groups in total. The van der Waals surface area contributed by atoms with Crippen LogP contribution in [0.4, 0.5) is 0 Å². The zero-order valence-electron chi connectivity index (χ0n) is 13.0. The van der Waals surface area contributed by atoms with E-state index in [0.29, 0.717) is 23.4 Å². The molecule has 1 saturated carbocycles. The van der Waals surface area contributed by atoms with E-state index in [9.17, 15) is 8.42 Å². The molecular formula is C15H23N3O2S. The van der Waals surface area contributed by atoms with Crippen molar-refractivity contribution < 1.29 is 8.42 Å². The van der Waals surface area contributed by atoms with Crippen LogP contribution in [0.2, 0.25) is 0 Å². The maximum absolute atomic E-state index is 11.6. The Morgan fingerprint density at radius 3 is 2.57 bits per heavy atom. The number of aliphatic imine (C=N–C) groups is 1. The first-order valence-electron chi connectivity index (χ1n) is 7.08. The van der Waals surface area contributed by atoms with Gasteiger partial charge in [-0.3, -0.25) is 4.99 Å². The van der Waals surface area contributed by atoms with Crippen molar-refractivity contribution in [2.75, 3.05) is 13.3 Å². The highest BCUT2D eigenvalue weighted by molar-refractivity contribution is 7.90. The van der Waals surface area contributed by atoms with Gasteiger partial charge in [0.15, 0.2) is 15.8 Å². The molecule has 0 aromatic heterocycles. The SMILES string of the molecule is CN=C(NCc1ccc(S(C)(=O)=O)c(C)c1)NC1CC1C. The smallest absolute Gasteiger partial charge is 0.191 e. The quantitative estimate of drug-likeness (QED) is 0.653. The van der Waals surface area contributed by atoms with Gasteiger partial charge < -0.3 is 10.6 Å². The molecule has 21 heavy (non-hydrogen) atoms. The number of sulfone groups is 1. The lowest BCUT2D eigenvalue weighted by atomic mass is 10.1. The van der Waals surface area contributed by atoms with Gasteiger partial charge in [-0.2, -0.15) is 0 Å². The third-order valence-corrected chi connectivity index (χ3v) is 5.01. The van der Waals surface area contributed by atoms with Gasteiger partial charge in [0, 0.05) is 25.9 Å². The van der Waals surface area contributed by atoms with Gasteiger partial charge in [-0.25, -0.2) is 8.42 Å². The summed E-state index contributed by atoms with van der Waals surface area (Å²) < 4.78 is 23.2. The van der Waals surface area contributed by atoms with Crippen molar-refractivity contribution >= 4 is 15.8 Å². The number of nitrogens with one attached hydrogen (secondary N) is 2. The van der Waals surface area contributed by atoms with Gasteiger partial charge in [-0.15, -0.1) is 0 Å². The maximum atomic E-state index is 11.6. The summed E-state index contributed by atoms with van der Waals surface area (Å²) in [4.78, 5) is 4.58. The van der Waals surface area contributed by atoms with E-state index in [2.05, 4.69) is 22.5 Å². The molecule has 0 radical (unpaired) electrons. The molecule has 5 nitrogen and oxygen atoms in total. The van der Waals surface area contributed by atoms with Gasteiger partial charge in [0.1, 0.15) is 0 Å². The summed E-state index contributed by atoms with van der Waals surface area (Å²) in [6.45, 7) is 4.64. The standard InChI is InChI=1S/C15H23N3O2S/c1-10-8-13(10)18-15(16-3)17-9-12-5-6-14(11(2)7-12)21(4,19)20/h5-7,10,13H,8-9H2,1-4H3,(H2,16,17,18). The summed E-state index contributed by atoms with van der Waals surface area (Å²) in [6, 6.07) is 5.92. The Hall–Kier alpha value is -1.56. The van der Waals surface area contributed by atoms with Crippen molar-refractivity contribution in [3.8, 4) is 0 Å². The second kappa shape index (κ2) is 6.05. The van der Waals surface area contributed by atoms with E-state index in [0.717, 1.165) is 17.1 Å². The molecule has 0 aliphatic heterocycles. The Morgan fingerprint density at radius 1 is 1.43 bits per heavy atom. The van der Waals surface area contributed by atoms with E-state index in [1.54, 1.807) is 13.1 Å². The zero-order chi connectivity index (χ0) is 15.6. The van der Waals surface area contributed by atoms with E-state index in [1.165, 1.54) is 12.7 Å². The molecule has 0 heterocycles. The van der Waals surface area contributed by atoms with Gasteiger partial charge in [0.05, 0.1) is 4.90 Å². The number of guanidine groups is 1. The highest BCUT2D eigenvalue weighted by Crippen LogP contribution is 2.28. The Bertz CT molecular complexity index is 653. The third-order valence-electron chi connectivity index (χ3n) is 3.75. The average molecular weight is 309 g/mol. The van der Waals surface area contributed by atoms with Crippen LogP contribution in [-0.2, 0) is 16.4 Å². The number of nitrogens with zero attached hydrogens (tertiary/aromatic N) is 1. The zero-order valence-corrected chi connectivity index (χ0v) is 13.8. The topological polar surface area (TPSA) is 70.6 Å². The lowest BCUT2D eigenvalue weighted by Gasteiger charge is -2.12. The number of benzene rings is 1. The van der Waals surface area contributed by atoms with Crippen molar-refractivity contribution in [1.82, 2.24) is 10.6 Å². The first-order chi connectivity index (χ1) is 9.81. The Morgan fingerprint density at radius 2 is 2.10 bits per heavy atom. The number of hydrogen-bond donors (Lipinski definition) is 2. The van der Waals surface area contributed by atoms with E-state index in [-0.39, 0.29) is 0 Å². The molecule has 1 aromatic rings. The van der Waals surface area contributed by atoms with Gasteiger partial charge >= 0.3 is 0 Å². The van der Waals surface area contributed by atoms with Gasteiger partial charge in [0.2, 0.25) is 0 Å². The molecule has 2 atom stereocenters. The molecule has 1 aliphatic rings. The average Bonchev–Trinajstić information content (AvgIpc) is 3.08. The Labute approximate surface area is 126 Å². The fraction of sp³-hybridized carbons (Fsp3) is 0.533. The van der Waals surface area contributed by atoms with Crippen molar-refractivity contribution in [2.45, 2.75) is 37.8 Å². The van der Waals surface area contributed by atoms with Crippen LogP contribution in [0.5, 0.6) is 0 Å². The molecule has 0 spiro atoms. The van der Waals surface area contributed by atoms with Crippen LogP contribution in [-0.4, -0.2) is 33.7 Å². The highest BCUT2D eigenvalue weighted by Gasteiger charge is 2.33. The fourth-order valence-electron chi connectivity index (χ4n) is 2.32. The van der Waals surface area contributed by atoms with Crippen LogP contribution < -0.4 is 10.6 Å². The van der Waals surface area contributed by atoms with Gasteiger partial charge in [0.25, 0.3) is 0 Å². The highest BCUT2D eigenvalue weighted by atomic mass is 32.2. The minimum atomic E-state index is -3.16. The molecule has 1 aromatic carbocycles. The predicted molar refractivity (Wildman–Crippen MR) is 85.2 cm³/mol. The predicted octanol–water partition coefficient (Wildman–Crippen LogP) is 1.47. The van der Waals surface area contributed by atoms with Crippen molar-refractivity contribution in [2.24, 2.45) is 10.9 Å².